The Morgan fingerprint density at radius 3 is 2.43 bits per heavy atom. The summed E-state index contributed by atoms with van der Waals surface area (Å²) in [5.74, 6) is -0.334. The zero-order valence-corrected chi connectivity index (χ0v) is 16.0. The monoisotopic (exact) mass is 371 g/mol. The van der Waals surface area contributed by atoms with Crippen LogP contribution in [0.4, 0.5) is 11.4 Å². The van der Waals surface area contributed by atoms with Crippen LogP contribution in [0.1, 0.15) is 38.4 Å². The Morgan fingerprint density at radius 1 is 1.00 bits per heavy atom. The van der Waals surface area contributed by atoms with Crippen molar-refractivity contribution in [3.05, 3.63) is 82.2 Å². The molecule has 0 aliphatic carbocycles. The van der Waals surface area contributed by atoms with E-state index in [2.05, 4.69) is 22.5 Å². The first-order valence-corrected chi connectivity index (χ1v) is 9.13. The maximum Gasteiger partial charge on any atom is 0.256 e. The molecule has 140 valence electrons. The number of hydrogen-bond donors (Lipinski definition) is 3. The van der Waals surface area contributed by atoms with Gasteiger partial charge in [-0.3, -0.25) is 9.59 Å². The van der Waals surface area contributed by atoms with Gasteiger partial charge >= 0.3 is 0 Å². The maximum absolute atomic E-state index is 12.5. The first-order chi connectivity index (χ1) is 13.4. The van der Waals surface area contributed by atoms with E-state index in [9.17, 15) is 9.59 Å². The van der Waals surface area contributed by atoms with Crippen LogP contribution < -0.4 is 10.6 Å². The molecule has 5 nitrogen and oxygen atoms in total. The molecule has 5 heteroatoms. The minimum absolute atomic E-state index is 0.147. The molecule has 3 aromatic rings. The highest BCUT2D eigenvalue weighted by atomic mass is 16.2. The average molecular weight is 371 g/mol. The van der Waals surface area contributed by atoms with Crippen LogP contribution in [0.3, 0.4) is 0 Å². The SMILES string of the molecule is Cc1[nH]c(/C=C2\C(=O)Nc3cc(NC(=O)c4ccccc4)ccc32)c(C)c1C. The molecule has 0 atom stereocenters. The third kappa shape index (κ3) is 3.11. The second-order valence-corrected chi connectivity index (χ2v) is 7.01. The fourth-order valence-electron chi connectivity index (χ4n) is 3.37. The first-order valence-electron chi connectivity index (χ1n) is 9.13. The summed E-state index contributed by atoms with van der Waals surface area (Å²) in [6, 6.07) is 14.5. The van der Waals surface area contributed by atoms with Gasteiger partial charge in [0.05, 0.1) is 11.3 Å². The van der Waals surface area contributed by atoms with Crippen LogP contribution in [0.5, 0.6) is 0 Å². The smallest absolute Gasteiger partial charge is 0.256 e. The first kappa shape index (κ1) is 17.8. The van der Waals surface area contributed by atoms with Gasteiger partial charge in [0.15, 0.2) is 0 Å². The van der Waals surface area contributed by atoms with Gasteiger partial charge < -0.3 is 15.6 Å². The van der Waals surface area contributed by atoms with E-state index >= 15 is 0 Å². The Morgan fingerprint density at radius 2 is 1.75 bits per heavy atom. The molecule has 1 aliphatic rings. The Balaban J connectivity index is 1.63. The lowest BCUT2D eigenvalue weighted by Crippen LogP contribution is -2.11. The molecular formula is C23H21N3O2. The normalized spacial score (nSPS) is 14.1. The molecule has 1 aromatic heterocycles. The van der Waals surface area contributed by atoms with Gasteiger partial charge in [-0.2, -0.15) is 0 Å². The molecule has 4 rings (SSSR count). The molecule has 0 saturated carbocycles. The predicted octanol–water partition coefficient (Wildman–Crippen LogP) is 4.68. The van der Waals surface area contributed by atoms with Crippen molar-refractivity contribution in [2.75, 3.05) is 10.6 Å². The summed E-state index contributed by atoms with van der Waals surface area (Å²) in [4.78, 5) is 28.2. The van der Waals surface area contributed by atoms with Crippen LogP contribution >= 0.6 is 0 Å². The number of fused-ring (bicyclic) bond motifs is 1. The molecule has 0 unspecified atom stereocenters. The number of carbonyl (C=O) groups is 2. The second kappa shape index (κ2) is 6.85. The summed E-state index contributed by atoms with van der Waals surface area (Å²) in [6.07, 6.45) is 1.89. The third-order valence-corrected chi connectivity index (χ3v) is 5.24. The van der Waals surface area contributed by atoms with E-state index in [0.717, 1.165) is 22.5 Å². The van der Waals surface area contributed by atoms with Crippen molar-refractivity contribution in [3.63, 3.8) is 0 Å². The fraction of sp³-hybridized carbons (Fsp3) is 0.130. The molecule has 0 fully saturated rings. The number of anilines is 2. The zero-order valence-electron chi connectivity index (χ0n) is 16.0. The Hall–Kier alpha value is -3.60. The second-order valence-electron chi connectivity index (χ2n) is 7.01. The minimum Gasteiger partial charge on any atom is -0.359 e. The zero-order chi connectivity index (χ0) is 19.8. The maximum atomic E-state index is 12.5. The van der Waals surface area contributed by atoms with Crippen LogP contribution in [-0.4, -0.2) is 16.8 Å². The molecule has 1 aliphatic heterocycles. The molecule has 0 bridgehead atoms. The molecule has 28 heavy (non-hydrogen) atoms. The number of H-pyrrole nitrogens is 1. The quantitative estimate of drug-likeness (QED) is 0.585. The predicted molar refractivity (Wildman–Crippen MR) is 112 cm³/mol. The minimum atomic E-state index is -0.186. The van der Waals surface area contributed by atoms with Crippen molar-refractivity contribution in [2.45, 2.75) is 20.8 Å². The summed E-state index contributed by atoms with van der Waals surface area (Å²) in [6.45, 7) is 6.13. The van der Waals surface area contributed by atoms with E-state index in [4.69, 9.17) is 0 Å². The number of aromatic amines is 1. The lowest BCUT2D eigenvalue weighted by Gasteiger charge is -2.07. The van der Waals surface area contributed by atoms with Gasteiger partial charge in [-0.1, -0.05) is 24.3 Å². The molecule has 0 spiro atoms. The fourth-order valence-corrected chi connectivity index (χ4v) is 3.37. The number of carbonyl (C=O) groups excluding carboxylic acids is 2. The molecule has 0 saturated heterocycles. The van der Waals surface area contributed by atoms with E-state index in [1.165, 1.54) is 5.56 Å². The van der Waals surface area contributed by atoms with Crippen molar-refractivity contribution >= 4 is 34.8 Å². The highest BCUT2D eigenvalue weighted by Gasteiger charge is 2.25. The Kier molecular flexibility index (Phi) is 4.35. The number of amides is 2. The summed E-state index contributed by atoms with van der Waals surface area (Å²) in [5, 5.41) is 5.76. The molecule has 0 radical (unpaired) electrons. The van der Waals surface area contributed by atoms with Crippen molar-refractivity contribution in [1.29, 1.82) is 0 Å². The van der Waals surface area contributed by atoms with Crippen molar-refractivity contribution in [1.82, 2.24) is 4.98 Å². The van der Waals surface area contributed by atoms with Crippen LogP contribution in [0.15, 0.2) is 48.5 Å². The van der Waals surface area contributed by atoms with Crippen molar-refractivity contribution in [2.24, 2.45) is 0 Å². The molecular weight excluding hydrogens is 350 g/mol. The standard InChI is InChI=1S/C23H21N3O2/c1-13-14(2)20(24-15(13)3)12-19-18-10-9-17(11-21(18)26-23(19)28)25-22(27)16-7-5-4-6-8-16/h4-12,24H,1-3H3,(H,25,27)(H,26,28)/b19-12-. The summed E-state index contributed by atoms with van der Waals surface area (Å²) in [5.41, 5.74) is 7.73. The lowest BCUT2D eigenvalue weighted by atomic mass is 10.0. The van der Waals surface area contributed by atoms with E-state index in [-0.39, 0.29) is 11.8 Å². The van der Waals surface area contributed by atoms with E-state index in [0.29, 0.717) is 22.5 Å². The number of aromatic nitrogens is 1. The summed E-state index contributed by atoms with van der Waals surface area (Å²) >= 11 is 0. The molecule has 2 heterocycles. The van der Waals surface area contributed by atoms with Crippen molar-refractivity contribution < 1.29 is 9.59 Å². The van der Waals surface area contributed by atoms with Gasteiger partial charge in [-0.05, 0) is 62.2 Å². The number of nitrogens with one attached hydrogen (secondary N) is 3. The van der Waals surface area contributed by atoms with E-state index in [1.54, 1.807) is 18.2 Å². The Bertz CT molecular complexity index is 1120. The summed E-state index contributed by atoms with van der Waals surface area (Å²) in [7, 11) is 0. The van der Waals surface area contributed by atoms with Crippen LogP contribution in [0.2, 0.25) is 0 Å². The lowest BCUT2D eigenvalue weighted by molar-refractivity contribution is -0.110. The molecule has 3 N–H and O–H groups in total. The largest absolute Gasteiger partial charge is 0.359 e. The van der Waals surface area contributed by atoms with Gasteiger partial charge in [0, 0.05) is 28.2 Å². The highest BCUT2D eigenvalue weighted by molar-refractivity contribution is 6.35. The van der Waals surface area contributed by atoms with Crippen LogP contribution in [0.25, 0.3) is 11.6 Å². The van der Waals surface area contributed by atoms with Gasteiger partial charge in [0.1, 0.15) is 0 Å². The van der Waals surface area contributed by atoms with Gasteiger partial charge in [-0.25, -0.2) is 0 Å². The average Bonchev–Trinajstić information content (AvgIpc) is 3.13. The number of hydrogen-bond acceptors (Lipinski definition) is 2. The number of rotatable bonds is 3. The highest BCUT2D eigenvalue weighted by Crippen LogP contribution is 2.35. The number of benzene rings is 2. The number of aryl methyl sites for hydroxylation is 1. The van der Waals surface area contributed by atoms with Gasteiger partial charge in [-0.15, -0.1) is 0 Å². The van der Waals surface area contributed by atoms with E-state index < -0.39 is 0 Å². The topological polar surface area (TPSA) is 74.0 Å². The van der Waals surface area contributed by atoms with Crippen LogP contribution in [-0.2, 0) is 4.79 Å². The van der Waals surface area contributed by atoms with Gasteiger partial charge in [0.25, 0.3) is 11.8 Å². The van der Waals surface area contributed by atoms with Crippen LogP contribution in [0, 0.1) is 20.8 Å². The van der Waals surface area contributed by atoms with Gasteiger partial charge in [0.2, 0.25) is 0 Å². The van der Waals surface area contributed by atoms with E-state index in [1.807, 2.05) is 50.3 Å². The molecule has 2 aromatic carbocycles. The third-order valence-electron chi connectivity index (χ3n) is 5.24. The van der Waals surface area contributed by atoms with Crippen molar-refractivity contribution in [3.8, 4) is 0 Å². The Labute approximate surface area is 163 Å². The molecule has 2 amide bonds. The summed E-state index contributed by atoms with van der Waals surface area (Å²) < 4.78 is 0.